The maximum absolute atomic E-state index is 11.4. The zero-order valence-corrected chi connectivity index (χ0v) is 9.85. The lowest BCUT2D eigenvalue weighted by Gasteiger charge is -2.07. The Balaban J connectivity index is 3.11. The maximum atomic E-state index is 11.4. The van der Waals surface area contributed by atoms with Crippen LogP contribution in [0.5, 0.6) is 0 Å². The van der Waals surface area contributed by atoms with Gasteiger partial charge >= 0.3 is 5.97 Å². The molecule has 5 heteroatoms. The summed E-state index contributed by atoms with van der Waals surface area (Å²) < 4.78 is 5.47. The Morgan fingerprint density at radius 1 is 1.64 bits per heavy atom. The summed E-state index contributed by atoms with van der Waals surface area (Å²) in [6.07, 6.45) is 0. The van der Waals surface area contributed by atoms with Crippen LogP contribution in [0, 0.1) is 0 Å². The number of carbonyl (C=O) groups is 1. The first-order chi connectivity index (χ1) is 6.57. The standard InChI is InChI=1S/C9H9BrClNO2/c1-2-14-9(13)5-3-4-6(10)8(12)7(5)11/h3-4H,2,12H2,1H3. The quantitative estimate of drug-likeness (QED) is 0.668. The van der Waals surface area contributed by atoms with Gasteiger partial charge in [0.05, 0.1) is 22.9 Å². The van der Waals surface area contributed by atoms with Gasteiger partial charge in [-0.15, -0.1) is 0 Å². The fourth-order valence-electron chi connectivity index (χ4n) is 0.936. The first kappa shape index (κ1) is 11.3. The van der Waals surface area contributed by atoms with Crippen LogP contribution in [0.25, 0.3) is 0 Å². The fraction of sp³-hybridized carbons (Fsp3) is 0.222. The highest BCUT2D eigenvalue weighted by Gasteiger charge is 2.14. The van der Waals surface area contributed by atoms with Crippen molar-refractivity contribution in [2.24, 2.45) is 0 Å². The lowest BCUT2D eigenvalue weighted by Crippen LogP contribution is -2.06. The van der Waals surface area contributed by atoms with Crippen LogP contribution in [-0.4, -0.2) is 12.6 Å². The number of carbonyl (C=O) groups excluding carboxylic acids is 1. The van der Waals surface area contributed by atoms with E-state index < -0.39 is 5.97 Å². The summed E-state index contributed by atoms with van der Waals surface area (Å²) >= 11 is 9.08. The summed E-state index contributed by atoms with van der Waals surface area (Å²) in [6.45, 7) is 2.04. The van der Waals surface area contributed by atoms with Crippen molar-refractivity contribution in [3.63, 3.8) is 0 Å². The summed E-state index contributed by atoms with van der Waals surface area (Å²) in [5.41, 5.74) is 6.26. The SMILES string of the molecule is CCOC(=O)c1ccc(Br)c(N)c1Cl. The Labute approximate surface area is 95.3 Å². The van der Waals surface area contributed by atoms with Gasteiger partial charge in [-0.25, -0.2) is 4.79 Å². The zero-order valence-electron chi connectivity index (χ0n) is 7.51. The third-order valence-electron chi connectivity index (χ3n) is 1.62. The lowest BCUT2D eigenvalue weighted by atomic mass is 10.2. The topological polar surface area (TPSA) is 52.3 Å². The average molecular weight is 279 g/mol. The van der Waals surface area contributed by atoms with Crippen molar-refractivity contribution in [2.45, 2.75) is 6.92 Å². The van der Waals surface area contributed by atoms with E-state index in [0.29, 0.717) is 16.8 Å². The minimum absolute atomic E-state index is 0.220. The molecule has 0 fully saturated rings. The molecule has 0 unspecified atom stereocenters. The van der Waals surface area contributed by atoms with Gasteiger partial charge in [0.1, 0.15) is 0 Å². The van der Waals surface area contributed by atoms with Crippen molar-refractivity contribution in [2.75, 3.05) is 12.3 Å². The first-order valence-electron chi connectivity index (χ1n) is 3.98. The molecule has 0 atom stereocenters. The summed E-state index contributed by atoms with van der Waals surface area (Å²) in [6, 6.07) is 3.23. The number of nitrogen functional groups attached to an aromatic ring is 1. The normalized spacial score (nSPS) is 9.93. The molecule has 3 nitrogen and oxygen atoms in total. The van der Waals surface area contributed by atoms with E-state index in [1.165, 1.54) is 0 Å². The number of rotatable bonds is 2. The predicted octanol–water partition coefficient (Wildman–Crippen LogP) is 2.86. The highest BCUT2D eigenvalue weighted by atomic mass is 79.9. The van der Waals surface area contributed by atoms with Gasteiger partial charge < -0.3 is 10.5 Å². The molecule has 1 aromatic carbocycles. The summed E-state index contributed by atoms with van der Waals surface area (Å²) in [5.74, 6) is -0.461. The van der Waals surface area contributed by atoms with Gasteiger partial charge in [0, 0.05) is 4.47 Å². The fourth-order valence-corrected chi connectivity index (χ4v) is 1.62. The number of nitrogens with two attached hydrogens (primary N) is 1. The number of halogens is 2. The van der Waals surface area contributed by atoms with Gasteiger partial charge in [-0.05, 0) is 35.0 Å². The number of hydrogen-bond donors (Lipinski definition) is 1. The van der Waals surface area contributed by atoms with Crippen molar-refractivity contribution >= 4 is 39.2 Å². The van der Waals surface area contributed by atoms with E-state index in [9.17, 15) is 4.79 Å². The molecule has 2 N–H and O–H groups in total. The predicted molar refractivity (Wildman–Crippen MR) is 59.5 cm³/mol. The van der Waals surface area contributed by atoms with Crippen LogP contribution in [0.2, 0.25) is 5.02 Å². The van der Waals surface area contributed by atoms with Crippen molar-refractivity contribution < 1.29 is 9.53 Å². The largest absolute Gasteiger partial charge is 0.462 e. The van der Waals surface area contributed by atoms with Crippen molar-refractivity contribution in [1.29, 1.82) is 0 Å². The van der Waals surface area contributed by atoms with Crippen LogP contribution in [0.3, 0.4) is 0 Å². The average Bonchev–Trinajstić information content (AvgIpc) is 2.15. The minimum Gasteiger partial charge on any atom is -0.462 e. The summed E-state index contributed by atoms with van der Waals surface area (Å²) in [7, 11) is 0. The molecule has 0 saturated carbocycles. The first-order valence-corrected chi connectivity index (χ1v) is 5.15. The lowest BCUT2D eigenvalue weighted by molar-refractivity contribution is 0.0526. The monoisotopic (exact) mass is 277 g/mol. The third-order valence-corrected chi connectivity index (χ3v) is 2.72. The van der Waals surface area contributed by atoms with E-state index >= 15 is 0 Å². The Kier molecular flexibility index (Phi) is 3.77. The highest BCUT2D eigenvalue weighted by molar-refractivity contribution is 9.10. The van der Waals surface area contributed by atoms with Gasteiger partial charge in [0.25, 0.3) is 0 Å². The second kappa shape index (κ2) is 4.66. The minimum atomic E-state index is -0.461. The van der Waals surface area contributed by atoms with E-state index in [0.717, 1.165) is 0 Å². The molecule has 0 radical (unpaired) electrons. The molecule has 1 aromatic rings. The number of anilines is 1. The Hall–Kier alpha value is -0.740. The second-order valence-electron chi connectivity index (χ2n) is 2.54. The van der Waals surface area contributed by atoms with Crippen LogP contribution in [0.15, 0.2) is 16.6 Å². The van der Waals surface area contributed by atoms with Crippen LogP contribution < -0.4 is 5.73 Å². The molecule has 0 aromatic heterocycles. The molecule has 0 saturated heterocycles. The Bertz CT molecular complexity index is 368. The van der Waals surface area contributed by atoms with Gasteiger partial charge in [0.2, 0.25) is 0 Å². The van der Waals surface area contributed by atoms with Crippen LogP contribution in [-0.2, 0) is 4.74 Å². The zero-order chi connectivity index (χ0) is 10.7. The molecule has 0 aliphatic carbocycles. The number of esters is 1. The third kappa shape index (κ3) is 2.19. The van der Waals surface area contributed by atoms with Crippen LogP contribution >= 0.6 is 27.5 Å². The molecule has 0 spiro atoms. The number of hydrogen-bond acceptors (Lipinski definition) is 3. The highest BCUT2D eigenvalue weighted by Crippen LogP contribution is 2.30. The van der Waals surface area contributed by atoms with Gasteiger partial charge in [-0.3, -0.25) is 0 Å². The number of benzene rings is 1. The summed E-state index contributed by atoms with van der Waals surface area (Å²) in [4.78, 5) is 11.4. The van der Waals surface area contributed by atoms with E-state index in [2.05, 4.69) is 15.9 Å². The van der Waals surface area contributed by atoms with Crippen LogP contribution in [0.4, 0.5) is 5.69 Å². The second-order valence-corrected chi connectivity index (χ2v) is 3.78. The summed E-state index contributed by atoms with van der Waals surface area (Å²) in [5, 5.41) is 0.220. The van der Waals surface area contributed by atoms with Crippen molar-refractivity contribution in [3.8, 4) is 0 Å². The molecule has 1 rings (SSSR count). The molecule has 0 bridgehead atoms. The van der Waals surface area contributed by atoms with Gasteiger partial charge in [-0.2, -0.15) is 0 Å². The van der Waals surface area contributed by atoms with E-state index in [1.807, 2.05) is 0 Å². The Morgan fingerprint density at radius 3 is 2.86 bits per heavy atom. The molecular weight excluding hydrogens is 269 g/mol. The molecule has 0 aliphatic rings. The molecule has 0 aliphatic heterocycles. The molecule has 0 amide bonds. The van der Waals surface area contributed by atoms with E-state index in [4.69, 9.17) is 22.1 Å². The van der Waals surface area contributed by atoms with Crippen molar-refractivity contribution in [3.05, 3.63) is 27.2 Å². The number of ether oxygens (including phenoxy) is 1. The van der Waals surface area contributed by atoms with Crippen molar-refractivity contribution in [1.82, 2.24) is 0 Å². The van der Waals surface area contributed by atoms with Crippen LogP contribution in [0.1, 0.15) is 17.3 Å². The molecular formula is C9H9BrClNO2. The van der Waals surface area contributed by atoms with E-state index in [1.54, 1.807) is 19.1 Å². The maximum Gasteiger partial charge on any atom is 0.339 e. The molecule has 14 heavy (non-hydrogen) atoms. The van der Waals surface area contributed by atoms with E-state index in [-0.39, 0.29) is 10.6 Å². The molecule has 76 valence electrons. The van der Waals surface area contributed by atoms with Gasteiger partial charge in [-0.1, -0.05) is 11.6 Å². The smallest absolute Gasteiger partial charge is 0.339 e. The van der Waals surface area contributed by atoms with Gasteiger partial charge in [0.15, 0.2) is 0 Å². The molecule has 0 heterocycles. The Morgan fingerprint density at radius 2 is 2.29 bits per heavy atom.